The zero-order valence-corrected chi connectivity index (χ0v) is 12.6. The number of aromatic nitrogens is 2. The van der Waals surface area contributed by atoms with Gasteiger partial charge in [-0.25, -0.2) is 9.97 Å². The first kappa shape index (κ1) is 15.7. The minimum atomic E-state index is 0.698. The van der Waals surface area contributed by atoms with Crippen LogP contribution in [0.15, 0.2) is 6.33 Å². The number of hydrogen-bond acceptors (Lipinski definition) is 5. The minimum Gasteiger partial charge on any atom is -0.383 e. The number of nitrogens with one attached hydrogen (secondary N) is 1. The molecule has 0 atom stereocenters. The number of methoxy groups -OCH3 is 1. The van der Waals surface area contributed by atoms with Crippen LogP contribution in [0.3, 0.4) is 0 Å². The van der Waals surface area contributed by atoms with Gasteiger partial charge in [0, 0.05) is 32.8 Å². The highest BCUT2D eigenvalue weighted by atomic mass is 16.5. The summed E-state index contributed by atoms with van der Waals surface area (Å²) < 4.78 is 5.13. The van der Waals surface area contributed by atoms with Gasteiger partial charge in [-0.2, -0.15) is 0 Å². The predicted molar refractivity (Wildman–Crippen MR) is 80.0 cm³/mol. The van der Waals surface area contributed by atoms with E-state index in [1.165, 1.54) is 5.56 Å². The Balaban J connectivity index is 2.94. The van der Waals surface area contributed by atoms with Crippen LogP contribution in [0.25, 0.3) is 0 Å². The molecule has 0 fully saturated rings. The Kier molecular flexibility index (Phi) is 7.18. The molecule has 1 heterocycles. The first-order chi connectivity index (χ1) is 9.24. The highest BCUT2D eigenvalue weighted by molar-refractivity contribution is 5.58. The zero-order valence-electron chi connectivity index (χ0n) is 12.6. The van der Waals surface area contributed by atoms with Gasteiger partial charge in [0.25, 0.3) is 0 Å². The molecule has 0 amide bonds. The van der Waals surface area contributed by atoms with E-state index in [-0.39, 0.29) is 0 Å². The van der Waals surface area contributed by atoms with E-state index in [2.05, 4.69) is 34.0 Å². The third-order valence-electron chi connectivity index (χ3n) is 2.96. The number of nitrogens with zero attached hydrogens (tertiary/aromatic N) is 3. The van der Waals surface area contributed by atoms with Gasteiger partial charge in [0.05, 0.1) is 6.61 Å². The summed E-state index contributed by atoms with van der Waals surface area (Å²) in [5.41, 5.74) is 1.21. The third kappa shape index (κ3) is 4.67. The maximum Gasteiger partial charge on any atom is 0.137 e. The molecule has 0 unspecified atom stereocenters. The summed E-state index contributed by atoms with van der Waals surface area (Å²) >= 11 is 0. The molecule has 1 aromatic rings. The van der Waals surface area contributed by atoms with Crippen LogP contribution in [0.1, 0.15) is 32.3 Å². The Morgan fingerprint density at radius 1 is 1.26 bits per heavy atom. The molecule has 1 aromatic heterocycles. The van der Waals surface area contributed by atoms with E-state index in [0.717, 1.165) is 44.0 Å². The molecule has 108 valence electrons. The van der Waals surface area contributed by atoms with Gasteiger partial charge in [-0.3, -0.25) is 0 Å². The number of likely N-dealkylation sites (N-methyl/N-ethyl adjacent to an activating group) is 1. The molecule has 5 nitrogen and oxygen atoms in total. The average molecular weight is 266 g/mol. The van der Waals surface area contributed by atoms with Crippen molar-refractivity contribution < 1.29 is 4.74 Å². The highest BCUT2D eigenvalue weighted by Gasteiger charge is 2.13. The van der Waals surface area contributed by atoms with Crippen molar-refractivity contribution in [3.05, 3.63) is 11.9 Å². The van der Waals surface area contributed by atoms with Gasteiger partial charge in [0.1, 0.15) is 18.0 Å². The van der Waals surface area contributed by atoms with E-state index in [1.807, 2.05) is 7.05 Å². The van der Waals surface area contributed by atoms with Crippen LogP contribution in [0.2, 0.25) is 0 Å². The second kappa shape index (κ2) is 8.69. The lowest BCUT2D eigenvalue weighted by atomic mass is 10.1. The van der Waals surface area contributed by atoms with Gasteiger partial charge in [-0.15, -0.1) is 0 Å². The zero-order chi connectivity index (χ0) is 14.1. The Labute approximate surface area is 116 Å². The average Bonchev–Trinajstić information content (AvgIpc) is 2.43. The molecular weight excluding hydrogens is 240 g/mol. The third-order valence-corrected chi connectivity index (χ3v) is 2.96. The van der Waals surface area contributed by atoms with E-state index in [9.17, 15) is 0 Å². The van der Waals surface area contributed by atoms with Crippen LogP contribution >= 0.6 is 0 Å². The fourth-order valence-corrected chi connectivity index (χ4v) is 1.94. The summed E-state index contributed by atoms with van der Waals surface area (Å²) in [6.45, 7) is 6.80. The fourth-order valence-electron chi connectivity index (χ4n) is 1.94. The molecule has 0 saturated heterocycles. The number of rotatable bonds is 9. The first-order valence-electron chi connectivity index (χ1n) is 7.02. The molecule has 1 N–H and O–H groups in total. The molecule has 1 rings (SSSR count). The van der Waals surface area contributed by atoms with Crippen LogP contribution < -0.4 is 10.2 Å². The number of anilines is 2. The second-order valence-corrected chi connectivity index (χ2v) is 4.62. The summed E-state index contributed by atoms with van der Waals surface area (Å²) in [4.78, 5) is 10.9. The predicted octanol–water partition coefficient (Wildman–Crippen LogP) is 2.33. The van der Waals surface area contributed by atoms with Gasteiger partial charge >= 0.3 is 0 Å². The minimum absolute atomic E-state index is 0.698. The highest BCUT2D eigenvalue weighted by Crippen LogP contribution is 2.24. The van der Waals surface area contributed by atoms with E-state index in [1.54, 1.807) is 13.4 Å². The van der Waals surface area contributed by atoms with Gasteiger partial charge in [-0.1, -0.05) is 20.3 Å². The van der Waals surface area contributed by atoms with Gasteiger partial charge in [0.15, 0.2) is 0 Å². The van der Waals surface area contributed by atoms with Crippen LogP contribution in [-0.4, -0.2) is 43.8 Å². The van der Waals surface area contributed by atoms with Gasteiger partial charge in [-0.05, 0) is 12.8 Å². The summed E-state index contributed by atoms with van der Waals surface area (Å²) in [7, 11) is 3.76. The Morgan fingerprint density at radius 2 is 2.05 bits per heavy atom. The maximum absolute atomic E-state index is 5.13. The molecule has 0 bridgehead atoms. The van der Waals surface area contributed by atoms with Crippen LogP contribution in [0, 0.1) is 0 Å². The molecule has 0 aliphatic heterocycles. The summed E-state index contributed by atoms with van der Waals surface area (Å²) in [6.07, 6.45) is 4.79. The van der Waals surface area contributed by atoms with E-state index < -0.39 is 0 Å². The standard InChI is InChI=1S/C14H26N4O/c1-5-7-12-13(15-8-6-2)16-11-17-14(12)18(3)9-10-19-4/h11H,5-10H2,1-4H3,(H,15,16,17). The largest absolute Gasteiger partial charge is 0.383 e. The van der Waals surface area contributed by atoms with E-state index in [4.69, 9.17) is 4.74 Å². The van der Waals surface area contributed by atoms with E-state index >= 15 is 0 Å². The fraction of sp³-hybridized carbons (Fsp3) is 0.714. The molecule has 0 saturated carbocycles. The summed E-state index contributed by atoms with van der Waals surface area (Å²) in [5, 5.41) is 3.39. The Bertz CT molecular complexity index is 370. The second-order valence-electron chi connectivity index (χ2n) is 4.62. The maximum atomic E-state index is 5.13. The van der Waals surface area contributed by atoms with E-state index in [0.29, 0.717) is 6.61 Å². The summed E-state index contributed by atoms with van der Waals surface area (Å²) in [6, 6.07) is 0. The van der Waals surface area contributed by atoms with Crippen LogP contribution in [0.4, 0.5) is 11.6 Å². The molecule has 0 aliphatic rings. The van der Waals surface area contributed by atoms with Gasteiger partial charge in [0.2, 0.25) is 0 Å². The van der Waals surface area contributed by atoms with Crippen molar-refractivity contribution in [3.8, 4) is 0 Å². The lowest BCUT2D eigenvalue weighted by Gasteiger charge is -2.22. The summed E-state index contributed by atoms with van der Waals surface area (Å²) in [5.74, 6) is 1.98. The normalized spacial score (nSPS) is 10.5. The first-order valence-corrected chi connectivity index (χ1v) is 7.02. The van der Waals surface area contributed by atoms with Crippen LogP contribution in [0.5, 0.6) is 0 Å². The van der Waals surface area contributed by atoms with Crippen molar-refractivity contribution >= 4 is 11.6 Å². The topological polar surface area (TPSA) is 50.3 Å². The lowest BCUT2D eigenvalue weighted by molar-refractivity contribution is 0.206. The van der Waals surface area contributed by atoms with Crippen LogP contribution in [-0.2, 0) is 11.2 Å². The van der Waals surface area contributed by atoms with Crippen molar-refractivity contribution in [1.82, 2.24) is 9.97 Å². The number of hydrogen-bond donors (Lipinski definition) is 1. The molecule has 5 heteroatoms. The molecule has 0 radical (unpaired) electrons. The molecular formula is C14H26N4O. The molecule has 0 aliphatic carbocycles. The van der Waals surface area contributed by atoms with Crippen molar-refractivity contribution in [2.24, 2.45) is 0 Å². The smallest absolute Gasteiger partial charge is 0.137 e. The quantitative estimate of drug-likeness (QED) is 0.743. The Morgan fingerprint density at radius 3 is 2.68 bits per heavy atom. The van der Waals surface area contributed by atoms with Crippen molar-refractivity contribution in [3.63, 3.8) is 0 Å². The number of ether oxygens (including phenoxy) is 1. The lowest BCUT2D eigenvalue weighted by Crippen LogP contribution is -2.25. The molecule has 0 aromatic carbocycles. The van der Waals surface area contributed by atoms with Crippen molar-refractivity contribution in [2.75, 3.05) is 44.1 Å². The van der Waals surface area contributed by atoms with Crippen molar-refractivity contribution in [2.45, 2.75) is 33.1 Å². The van der Waals surface area contributed by atoms with Crippen molar-refractivity contribution in [1.29, 1.82) is 0 Å². The SMILES string of the molecule is CCCNc1ncnc(N(C)CCOC)c1CCC. The Hall–Kier alpha value is -1.36. The van der Waals surface area contributed by atoms with Gasteiger partial charge < -0.3 is 15.0 Å². The monoisotopic (exact) mass is 266 g/mol. The molecule has 0 spiro atoms. The molecule has 19 heavy (non-hydrogen) atoms.